The molecule has 6 nitrogen and oxygen atoms in total. The van der Waals surface area contributed by atoms with Gasteiger partial charge in [-0.05, 0) is 77.0 Å². The van der Waals surface area contributed by atoms with Gasteiger partial charge in [0.05, 0.1) is 25.4 Å². The van der Waals surface area contributed by atoms with E-state index >= 15 is 0 Å². The predicted molar refractivity (Wildman–Crippen MR) is 287 cm³/mol. The van der Waals surface area contributed by atoms with Crippen molar-refractivity contribution in [2.45, 2.75) is 334 Å². The number of carbonyl (C=O) groups is 2. The molecule has 0 aliphatic heterocycles. The number of carbonyl (C=O) groups excluding carboxylic acids is 2. The molecule has 0 aromatic heterocycles. The highest BCUT2D eigenvalue weighted by molar-refractivity contribution is 5.76. The summed E-state index contributed by atoms with van der Waals surface area (Å²) in [7, 11) is 0. The van der Waals surface area contributed by atoms with E-state index in [1.807, 2.05) is 0 Å². The molecule has 66 heavy (non-hydrogen) atoms. The van der Waals surface area contributed by atoms with Crippen molar-refractivity contribution in [3.63, 3.8) is 0 Å². The molecule has 0 fully saturated rings. The fraction of sp³-hybridized carbons (Fsp3) is 0.900. The quantitative estimate of drug-likeness (QED) is 0.0321. The molecule has 0 saturated carbocycles. The van der Waals surface area contributed by atoms with Crippen LogP contribution in [-0.4, -0.2) is 47.4 Å². The second-order valence-electron chi connectivity index (χ2n) is 20.3. The second-order valence-corrected chi connectivity index (χ2v) is 20.3. The van der Waals surface area contributed by atoms with Gasteiger partial charge in [0, 0.05) is 12.8 Å². The van der Waals surface area contributed by atoms with Gasteiger partial charge in [-0.1, -0.05) is 256 Å². The maximum atomic E-state index is 12.5. The van der Waals surface area contributed by atoms with Gasteiger partial charge in [-0.2, -0.15) is 0 Å². The first kappa shape index (κ1) is 64.3. The third kappa shape index (κ3) is 51.7. The third-order valence-corrected chi connectivity index (χ3v) is 13.7. The van der Waals surface area contributed by atoms with Crippen molar-refractivity contribution in [2.75, 3.05) is 13.2 Å². The molecule has 0 heterocycles. The van der Waals surface area contributed by atoms with E-state index < -0.39 is 12.1 Å². The Bertz CT molecular complexity index is 1030. The Morgan fingerprint density at radius 1 is 0.409 bits per heavy atom. The Morgan fingerprint density at radius 3 is 1.08 bits per heavy atom. The first-order valence-corrected chi connectivity index (χ1v) is 29.6. The number of aliphatic hydroxyl groups excluding tert-OH is 2. The van der Waals surface area contributed by atoms with Gasteiger partial charge < -0.3 is 20.3 Å². The van der Waals surface area contributed by atoms with Crippen LogP contribution >= 0.6 is 0 Å². The molecule has 390 valence electrons. The summed E-state index contributed by atoms with van der Waals surface area (Å²) in [6, 6.07) is -0.563. The number of hydrogen-bond acceptors (Lipinski definition) is 5. The molecule has 0 bridgehead atoms. The molecule has 0 saturated heterocycles. The van der Waals surface area contributed by atoms with Crippen molar-refractivity contribution in [1.82, 2.24) is 5.32 Å². The van der Waals surface area contributed by atoms with Crippen LogP contribution in [-0.2, 0) is 14.3 Å². The van der Waals surface area contributed by atoms with Crippen molar-refractivity contribution < 1.29 is 24.5 Å². The third-order valence-electron chi connectivity index (χ3n) is 13.7. The molecule has 2 atom stereocenters. The van der Waals surface area contributed by atoms with E-state index in [0.717, 1.165) is 83.5 Å². The summed E-state index contributed by atoms with van der Waals surface area (Å²) in [4.78, 5) is 24.6. The molecule has 0 aromatic carbocycles. The lowest BCUT2D eigenvalue weighted by Crippen LogP contribution is -2.45. The zero-order valence-electron chi connectivity index (χ0n) is 44.4. The van der Waals surface area contributed by atoms with E-state index in [-0.39, 0.29) is 18.5 Å². The lowest BCUT2D eigenvalue weighted by atomic mass is 10.0. The molecule has 2 unspecified atom stereocenters. The minimum atomic E-state index is -0.683. The normalized spacial score (nSPS) is 12.7. The van der Waals surface area contributed by atoms with Crippen LogP contribution in [0.15, 0.2) is 24.3 Å². The van der Waals surface area contributed by atoms with E-state index in [0.29, 0.717) is 25.9 Å². The summed E-state index contributed by atoms with van der Waals surface area (Å²) in [6.45, 7) is 4.89. The monoisotopic (exact) mass is 930 g/mol. The smallest absolute Gasteiger partial charge is 0.305 e. The van der Waals surface area contributed by atoms with Crippen LogP contribution in [0.3, 0.4) is 0 Å². The Hall–Kier alpha value is -1.66. The molecule has 0 rings (SSSR count). The van der Waals surface area contributed by atoms with E-state index in [1.54, 1.807) is 0 Å². The van der Waals surface area contributed by atoms with Gasteiger partial charge in [-0.15, -0.1) is 0 Å². The van der Waals surface area contributed by atoms with Crippen molar-refractivity contribution >= 4 is 11.9 Å². The molecule has 0 aliphatic rings. The zero-order chi connectivity index (χ0) is 47.9. The van der Waals surface area contributed by atoms with Crippen LogP contribution in [0.4, 0.5) is 0 Å². The fourth-order valence-electron chi connectivity index (χ4n) is 9.16. The topological polar surface area (TPSA) is 95.9 Å². The van der Waals surface area contributed by atoms with Gasteiger partial charge in [0.2, 0.25) is 5.91 Å². The highest BCUT2D eigenvalue weighted by atomic mass is 16.5. The SMILES string of the molecule is CCCCCCCCC/C=C\CCCCCCCCCC(=O)OCCCC/C=C\CCCCCCCC(=O)NC(CO)C(O)CCCCCCCCCCCCCCCCCCCCCC. The Labute approximate surface area is 411 Å². The lowest BCUT2D eigenvalue weighted by molar-refractivity contribution is -0.143. The predicted octanol–water partition coefficient (Wildman–Crippen LogP) is 18.2. The molecule has 1 amide bonds. The zero-order valence-corrected chi connectivity index (χ0v) is 44.4. The largest absolute Gasteiger partial charge is 0.466 e. The molecule has 6 heteroatoms. The Balaban J connectivity index is 3.49. The van der Waals surface area contributed by atoms with Gasteiger partial charge in [0.25, 0.3) is 0 Å². The van der Waals surface area contributed by atoms with Crippen molar-refractivity contribution in [3.05, 3.63) is 24.3 Å². The van der Waals surface area contributed by atoms with Crippen molar-refractivity contribution in [3.8, 4) is 0 Å². The molecular weight excluding hydrogens is 815 g/mol. The number of unbranched alkanes of at least 4 members (excludes halogenated alkanes) is 40. The van der Waals surface area contributed by atoms with E-state index in [4.69, 9.17) is 4.74 Å². The number of amides is 1. The van der Waals surface area contributed by atoms with Crippen LogP contribution in [0.1, 0.15) is 322 Å². The van der Waals surface area contributed by atoms with Gasteiger partial charge in [0.15, 0.2) is 0 Å². The van der Waals surface area contributed by atoms with Crippen LogP contribution in [0.25, 0.3) is 0 Å². The summed E-state index contributed by atoms with van der Waals surface area (Å²) in [5.74, 6) is -0.0949. The average Bonchev–Trinajstić information content (AvgIpc) is 3.32. The van der Waals surface area contributed by atoms with E-state index in [9.17, 15) is 19.8 Å². The second kappa shape index (κ2) is 55.9. The summed E-state index contributed by atoms with van der Waals surface area (Å²) in [5.41, 5.74) is 0. The van der Waals surface area contributed by atoms with Crippen LogP contribution in [0, 0.1) is 0 Å². The maximum absolute atomic E-state index is 12.5. The average molecular weight is 931 g/mol. The van der Waals surface area contributed by atoms with Gasteiger partial charge >= 0.3 is 5.97 Å². The fourth-order valence-corrected chi connectivity index (χ4v) is 9.16. The molecule has 0 spiro atoms. The summed E-state index contributed by atoms with van der Waals surface area (Å²) in [5, 5.41) is 23.3. The molecule has 0 radical (unpaired) electrons. The molecule has 0 aromatic rings. The minimum absolute atomic E-state index is 0.0333. The first-order valence-electron chi connectivity index (χ1n) is 29.6. The number of hydrogen-bond donors (Lipinski definition) is 3. The number of ether oxygens (including phenoxy) is 1. The molecule has 3 N–H and O–H groups in total. The van der Waals surface area contributed by atoms with Crippen LogP contribution < -0.4 is 5.32 Å². The standard InChI is InChI=1S/C60H115NO5/c1-3-5-7-9-11-13-15-17-19-21-23-24-25-27-29-32-36-40-44-48-52-58(63)57(56-62)61-59(64)53-49-45-41-37-33-31-35-39-43-47-51-55-66-60(65)54-50-46-42-38-34-30-28-26-22-20-18-16-14-12-10-8-6-4-2/h20,22,35,39,57-58,62-63H,3-19,21,23-34,36-38,40-56H2,1-2H3,(H,61,64)/b22-20-,39-35-. The minimum Gasteiger partial charge on any atom is -0.466 e. The van der Waals surface area contributed by atoms with E-state index in [2.05, 4.69) is 43.5 Å². The first-order chi connectivity index (χ1) is 32.5. The Morgan fingerprint density at radius 2 is 0.712 bits per heavy atom. The van der Waals surface area contributed by atoms with Gasteiger partial charge in [-0.3, -0.25) is 9.59 Å². The van der Waals surface area contributed by atoms with E-state index in [1.165, 1.54) is 205 Å². The van der Waals surface area contributed by atoms with Crippen molar-refractivity contribution in [1.29, 1.82) is 0 Å². The summed E-state index contributed by atoms with van der Waals surface area (Å²) < 4.78 is 5.45. The number of allylic oxidation sites excluding steroid dienone is 4. The number of rotatable bonds is 55. The lowest BCUT2D eigenvalue weighted by Gasteiger charge is -2.22. The van der Waals surface area contributed by atoms with Crippen LogP contribution in [0.5, 0.6) is 0 Å². The molecular formula is C60H115NO5. The van der Waals surface area contributed by atoms with Gasteiger partial charge in [-0.25, -0.2) is 0 Å². The maximum Gasteiger partial charge on any atom is 0.305 e. The van der Waals surface area contributed by atoms with Crippen molar-refractivity contribution in [2.24, 2.45) is 0 Å². The number of aliphatic hydroxyl groups is 2. The number of esters is 1. The molecule has 0 aliphatic carbocycles. The van der Waals surface area contributed by atoms with Crippen LogP contribution in [0.2, 0.25) is 0 Å². The Kier molecular flexibility index (Phi) is 54.5. The highest BCUT2D eigenvalue weighted by Gasteiger charge is 2.20. The summed E-state index contributed by atoms with van der Waals surface area (Å²) >= 11 is 0. The summed E-state index contributed by atoms with van der Waals surface area (Å²) in [6.07, 6.45) is 67.4. The van der Waals surface area contributed by atoms with Gasteiger partial charge in [0.1, 0.15) is 0 Å². The highest BCUT2D eigenvalue weighted by Crippen LogP contribution is 2.17. The number of nitrogens with one attached hydrogen (secondary N) is 1.